The van der Waals surface area contributed by atoms with Crippen LogP contribution in [0, 0.1) is 4.77 Å². The Morgan fingerprint density at radius 2 is 2.38 bits per heavy atom. The van der Waals surface area contributed by atoms with Gasteiger partial charge in [0.15, 0.2) is 4.77 Å². The molecule has 2 aromatic rings. The molecule has 0 bridgehead atoms. The van der Waals surface area contributed by atoms with Gasteiger partial charge in [0.1, 0.15) is 0 Å². The van der Waals surface area contributed by atoms with Gasteiger partial charge >= 0.3 is 0 Å². The van der Waals surface area contributed by atoms with Gasteiger partial charge in [0.05, 0.1) is 6.20 Å². The molecule has 0 aliphatic rings. The van der Waals surface area contributed by atoms with E-state index in [2.05, 4.69) is 15.1 Å². The molecule has 5 nitrogen and oxygen atoms in total. The van der Waals surface area contributed by atoms with Crippen molar-refractivity contribution in [2.24, 2.45) is 0 Å². The van der Waals surface area contributed by atoms with Gasteiger partial charge < -0.3 is 4.98 Å². The Kier molecular flexibility index (Phi) is 3.00. The minimum absolute atomic E-state index is 0.145. The predicted octanol–water partition coefficient (Wildman–Crippen LogP) is 1.24. The smallest absolute Gasteiger partial charge is 0.255 e. The second kappa shape index (κ2) is 4.44. The van der Waals surface area contributed by atoms with Crippen molar-refractivity contribution in [3.05, 3.63) is 44.8 Å². The topological polar surface area (TPSA) is 66.5 Å². The summed E-state index contributed by atoms with van der Waals surface area (Å²) >= 11 is 4.82. The van der Waals surface area contributed by atoms with Crippen molar-refractivity contribution >= 4 is 12.2 Å². The summed E-state index contributed by atoms with van der Waals surface area (Å²) in [4.78, 5) is 16.9. The van der Waals surface area contributed by atoms with E-state index in [0.717, 1.165) is 12.1 Å². The van der Waals surface area contributed by atoms with E-state index in [9.17, 15) is 4.79 Å². The number of hydrogen-bond acceptors (Lipinski definition) is 3. The molecule has 84 valence electrons. The molecule has 2 heterocycles. The summed E-state index contributed by atoms with van der Waals surface area (Å²) in [6.45, 7) is 2.84. The first-order valence-electron chi connectivity index (χ1n) is 5.01. The number of nitrogens with one attached hydrogen (secondary N) is 2. The number of nitrogens with zero attached hydrogens (tertiary/aromatic N) is 2. The van der Waals surface area contributed by atoms with Crippen molar-refractivity contribution in [1.29, 1.82) is 0 Å². The fourth-order valence-corrected chi connectivity index (χ4v) is 1.61. The van der Waals surface area contributed by atoms with Gasteiger partial charge in [0, 0.05) is 30.9 Å². The molecule has 2 rings (SSSR count). The first-order chi connectivity index (χ1) is 7.69. The lowest BCUT2D eigenvalue weighted by Gasteiger charge is -1.96. The van der Waals surface area contributed by atoms with Gasteiger partial charge in [0.2, 0.25) is 0 Å². The van der Waals surface area contributed by atoms with Gasteiger partial charge in [-0.3, -0.25) is 14.5 Å². The number of aryl methyl sites for hydroxylation is 1. The zero-order chi connectivity index (χ0) is 11.5. The standard InChI is InChI=1S/C10H12N4OS/c1-2-14-6-7(4-12-14)3-8-5-11-10(16)13-9(8)15/h4-6H,2-3H2,1H3,(H2,11,13,15,16). The van der Waals surface area contributed by atoms with E-state index >= 15 is 0 Å². The molecule has 6 heteroatoms. The van der Waals surface area contributed by atoms with Crippen molar-refractivity contribution < 1.29 is 0 Å². The molecule has 0 saturated carbocycles. The average Bonchev–Trinajstić information content (AvgIpc) is 2.70. The van der Waals surface area contributed by atoms with Gasteiger partial charge in [0.25, 0.3) is 5.56 Å². The molecule has 0 aliphatic heterocycles. The van der Waals surface area contributed by atoms with E-state index in [-0.39, 0.29) is 5.56 Å². The van der Waals surface area contributed by atoms with Gasteiger partial charge in [-0.2, -0.15) is 5.10 Å². The number of H-pyrrole nitrogens is 2. The van der Waals surface area contributed by atoms with Gasteiger partial charge in [-0.25, -0.2) is 0 Å². The molecular weight excluding hydrogens is 224 g/mol. The lowest BCUT2D eigenvalue weighted by molar-refractivity contribution is 0.659. The highest BCUT2D eigenvalue weighted by Gasteiger charge is 2.03. The van der Waals surface area contributed by atoms with Gasteiger partial charge in [-0.1, -0.05) is 0 Å². The molecule has 0 aromatic carbocycles. The van der Waals surface area contributed by atoms with Crippen LogP contribution in [0.1, 0.15) is 18.1 Å². The highest BCUT2D eigenvalue weighted by atomic mass is 32.1. The first-order valence-corrected chi connectivity index (χ1v) is 5.42. The summed E-state index contributed by atoms with van der Waals surface area (Å²) in [6, 6.07) is 0. The maximum atomic E-state index is 11.6. The first kappa shape index (κ1) is 10.8. The molecule has 0 radical (unpaired) electrons. The summed E-state index contributed by atoms with van der Waals surface area (Å²) in [7, 11) is 0. The molecule has 16 heavy (non-hydrogen) atoms. The van der Waals surface area contributed by atoms with Crippen molar-refractivity contribution in [2.75, 3.05) is 0 Å². The summed E-state index contributed by atoms with van der Waals surface area (Å²) in [5.74, 6) is 0. The monoisotopic (exact) mass is 236 g/mol. The predicted molar refractivity (Wildman–Crippen MR) is 63.0 cm³/mol. The lowest BCUT2D eigenvalue weighted by atomic mass is 10.1. The second-order valence-corrected chi connectivity index (χ2v) is 3.89. The summed E-state index contributed by atoms with van der Waals surface area (Å²) in [5.41, 5.74) is 1.52. The molecule has 0 saturated heterocycles. The van der Waals surface area contributed by atoms with Crippen LogP contribution >= 0.6 is 12.2 Å². The Bertz CT molecular complexity index is 595. The Balaban J connectivity index is 2.27. The van der Waals surface area contributed by atoms with Crippen LogP contribution in [0.15, 0.2) is 23.4 Å². The molecule has 0 fully saturated rings. The zero-order valence-corrected chi connectivity index (χ0v) is 9.67. The third-order valence-corrected chi connectivity index (χ3v) is 2.52. The van der Waals surface area contributed by atoms with E-state index in [1.807, 2.05) is 17.8 Å². The van der Waals surface area contributed by atoms with Crippen molar-refractivity contribution in [2.45, 2.75) is 19.9 Å². The Morgan fingerprint density at radius 1 is 1.56 bits per heavy atom. The summed E-state index contributed by atoms with van der Waals surface area (Å²) < 4.78 is 2.17. The third-order valence-electron chi connectivity index (χ3n) is 2.30. The second-order valence-electron chi connectivity index (χ2n) is 3.48. The maximum Gasteiger partial charge on any atom is 0.255 e. The molecular formula is C10H12N4OS. The molecule has 0 atom stereocenters. The minimum atomic E-state index is -0.145. The highest BCUT2D eigenvalue weighted by Crippen LogP contribution is 2.03. The Morgan fingerprint density at radius 3 is 3.00 bits per heavy atom. The van der Waals surface area contributed by atoms with Crippen LogP contribution in [0.3, 0.4) is 0 Å². The van der Waals surface area contributed by atoms with Gasteiger partial charge in [-0.05, 0) is 24.7 Å². The van der Waals surface area contributed by atoms with Crippen LogP contribution in [0.4, 0.5) is 0 Å². The SMILES string of the molecule is CCn1cc(Cc2c[nH]c(=S)[nH]c2=O)cn1. The van der Waals surface area contributed by atoms with E-state index in [0.29, 0.717) is 16.8 Å². The third kappa shape index (κ3) is 2.27. The highest BCUT2D eigenvalue weighted by molar-refractivity contribution is 7.71. The normalized spacial score (nSPS) is 10.6. The zero-order valence-electron chi connectivity index (χ0n) is 8.86. The number of rotatable bonds is 3. The quantitative estimate of drug-likeness (QED) is 0.788. The van der Waals surface area contributed by atoms with Crippen molar-refractivity contribution in [3.63, 3.8) is 0 Å². The van der Waals surface area contributed by atoms with Crippen molar-refractivity contribution in [3.8, 4) is 0 Å². The van der Waals surface area contributed by atoms with E-state index in [4.69, 9.17) is 12.2 Å². The molecule has 0 aliphatic carbocycles. The van der Waals surface area contributed by atoms with E-state index < -0.39 is 0 Å². The van der Waals surface area contributed by atoms with Crippen molar-refractivity contribution in [1.82, 2.24) is 19.7 Å². The molecule has 0 amide bonds. The molecule has 2 N–H and O–H groups in total. The largest absolute Gasteiger partial charge is 0.338 e. The summed E-state index contributed by atoms with van der Waals surface area (Å²) in [6.07, 6.45) is 5.90. The Hall–Kier alpha value is -1.69. The number of aromatic amines is 2. The summed E-state index contributed by atoms with van der Waals surface area (Å²) in [5, 5.41) is 4.15. The number of aromatic nitrogens is 4. The van der Waals surface area contributed by atoms with Crippen LogP contribution < -0.4 is 5.56 Å². The average molecular weight is 236 g/mol. The molecule has 0 spiro atoms. The van der Waals surface area contributed by atoms with E-state index in [1.165, 1.54) is 0 Å². The minimum Gasteiger partial charge on any atom is -0.338 e. The lowest BCUT2D eigenvalue weighted by Crippen LogP contribution is -2.13. The molecule has 0 unspecified atom stereocenters. The van der Waals surface area contributed by atoms with Crippen LogP contribution in [0.5, 0.6) is 0 Å². The van der Waals surface area contributed by atoms with Gasteiger partial charge in [-0.15, -0.1) is 0 Å². The Labute approximate surface area is 97.2 Å². The van der Waals surface area contributed by atoms with E-state index in [1.54, 1.807) is 12.4 Å². The van der Waals surface area contributed by atoms with Crippen LogP contribution in [-0.2, 0) is 13.0 Å². The van der Waals surface area contributed by atoms with Crippen LogP contribution in [0.2, 0.25) is 0 Å². The fraction of sp³-hybridized carbons (Fsp3) is 0.300. The fourth-order valence-electron chi connectivity index (χ4n) is 1.46. The maximum absolute atomic E-state index is 11.6. The number of hydrogen-bond donors (Lipinski definition) is 2. The van der Waals surface area contributed by atoms with Crippen LogP contribution in [0.25, 0.3) is 0 Å². The van der Waals surface area contributed by atoms with Crippen LogP contribution in [-0.4, -0.2) is 19.7 Å². The molecule has 2 aromatic heterocycles.